The molecule has 1 spiro atoms. The van der Waals surface area contributed by atoms with Crippen molar-refractivity contribution in [1.82, 2.24) is 9.80 Å². The van der Waals surface area contributed by atoms with Crippen LogP contribution in [0.3, 0.4) is 0 Å². The Morgan fingerprint density at radius 3 is 2.40 bits per heavy atom. The van der Waals surface area contributed by atoms with E-state index in [-0.39, 0.29) is 17.4 Å². The molecule has 2 aliphatic heterocycles. The molecule has 1 aromatic rings. The van der Waals surface area contributed by atoms with Gasteiger partial charge in [0, 0.05) is 26.6 Å². The average molecular weight is 342 g/mol. The Labute approximate surface area is 148 Å². The first-order valence-corrected chi connectivity index (χ1v) is 9.25. The van der Waals surface area contributed by atoms with Crippen LogP contribution in [-0.2, 0) is 14.9 Å². The fraction of sp³-hybridized carbons (Fsp3) is 0.600. The van der Waals surface area contributed by atoms with Crippen LogP contribution < -0.4 is 0 Å². The number of hydrogen-bond donors (Lipinski definition) is 0. The minimum Gasteiger partial charge on any atom is -0.441 e. The Morgan fingerprint density at radius 2 is 1.80 bits per heavy atom. The van der Waals surface area contributed by atoms with Crippen LogP contribution in [-0.4, -0.2) is 54.1 Å². The molecule has 134 valence electrons. The molecule has 2 heterocycles. The third-order valence-electron chi connectivity index (χ3n) is 6.09. The second-order valence-electron chi connectivity index (χ2n) is 8.00. The second kappa shape index (κ2) is 5.75. The SMILES string of the molecule is Cc1ccc(C2(C(=O)N3CCCC4(CC3)CN(C)C(=O)O4)CC2)cc1. The lowest BCUT2D eigenvalue weighted by molar-refractivity contribution is -0.134. The Balaban J connectivity index is 1.48. The number of likely N-dealkylation sites (tertiary alicyclic amines) is 1. The van der Waals surface area contributed by atoms with E-state index in [9.17, 15) is 9.59 Å². The normalized spacial score (nSPS) is 28.0. The summed E-state index contributed by atoms with van der Waals surface area (Å²) in [7, 11) is 1.78. The number of carbonyl (C=O) groups is 2. The summed E-state index contributed by atoms with van der Waals surface area (Å²) in [6.45, 7) is 4.14. The van der Waals surface area contributed by atoms with E-state index in [1.54, 1.807) is 11.9 Å². The monoisotopic (exact) mass is 342 g/mol. The standard InChI is InChI=1S/C20H26N2O3/c1-15-4-6-16(7-5-15)20(9-10-20)17(23)22-12-3-8-19(11-13-22)14-21(2)18(24)25-19/h4-7H,3,8-14H2,1-2H3. The van der Waals surface area contributed by atoms with Gasteiger partial charge >= 0.3 is 6.09 Å². The van der Waals surface area contributed by atoms with Crippen LogP contribution in [0.5, 0.6) is 0 Å². The van der Waals surface area contributed by atoms with Crippen molar-refractivity contribution in [2.45, 2.75) is 50.0 Å². The third kappa shape index (κ3) is 2.79. The third-order valence-corrected chi connectivity index (χ3v) is 6.09. The Kier molecular flexibility index (Phi) is 3.78. The van der Waals surface area contributed by atoms with Gasteiger partial charge in [0.05, 0.1) is 12.0 Å². The molecule has 0 radical (unpaired) electrons. The molecule has 1 unspecified atom stereocenters. The maximum Gasteiger partial charge on any atom is 0.410 e. The van der Waals surface area contributed by atoms with Crippen LogP contribution in [0.4, 0.5) is 4.79 Å². The van der Waals surface area contributed by atoms with E-state index in [2.05, 4.69) is 31.2 Å². The molecule has 1 atom stereocenters. The summed E-state index contributed by atoms with van der Waals surface area (Å²) in [5, 5.41) is 0. The molecular formula is C20H26N2O3. The van der Waals surface area contributed by atoms with Gasteiger partial charge in [-0.15, -0.1) is 0 Å². The highest BCUT2D eigenvalue weighted by molar-refractivity contribution is 5.91. The first-order valence-electron chi connectivity index (χ1n) is 9.25. The zero-order valence-electron chi connectivity index (χ0n) is 15.1. The van der Waals surface area contributed by atoms with Gasteiger partial charge in [-0.3, -0.25) is 4.79 Å². The van der Waals surface area contributed by atoms with E-state index < -0.39 is 5.60 Å². The first-order chi connectivity index (χ1) is 11.9. The fourth-order valence-electron chi connectivity index (χ4n) is 4.35. The number of hydrogen-bond acceptors (Lipinski definition) is 3. The Bertz CT molecular complexity index is 695. The quantitative estimate of drug-likeness (QED) is 0.830. The number of nitrogens with zero attached hydrogens (tertiary/aromatic N) is 2. The van der Waals surface area contributed by atoms with Crippen molar-refractivity contribution in [3.05, 3.63) is 35.4 Å². The zero-order chi connectivity index (χ0) is 17.7. The van der Waals surface area contributed by atoms with Crippen LogP contribution in [0.25, 0.3) is 0 Å². The van der Waals surface area contributed by atoms with Crippen LogP contribution >= 0.6 is 0 Å². The molecule has 2 saturated heterocycles. The highest BCUT2D eigenvalue weighted by Crippen LogP contribution is 2.50. The van der Waals surface area contributed by atoms with E-state index in [0.717, 1.165) is 44.2 Å². The molecule has 1 saturated carbocycles. The maximum atomic E-state index is 13.3. The number of carbonyl (C=O) groups excluding carboxylic acids is 2. The van der Waals surface area contributed by atoms with Crippen LogP contribution in [0, 0.1) is 6.92 Å². The van der Waals surface area contributed by atoms with E-state index in [4.69, 9.17) is 4.74 Å². The number of rotatable bonds is 2. The van der Waals surface area contributed by atoms with E-state index in [0.29, 0.717) is 13.1 Å². The number of likely N-dealkylation sites (N-methyl/N-ethyl adjacent to an activating group) is 1. The fourth-order valence-corrected chi connectivity index (χ4v) is 4.35. The lowest BCUT2D eigenvalue weighted by Gasteiger charge is -2.28. The summed E-state index contributed by atoms with van der Waals surface area (Å²) in [6.07, 6.45) is 4.10. The van der Waals surface area contributed by atoms with Gasteiger partial charge < -0.3 is 14.5 Å². The molecule has 0 N–H and O–H groups in total. The smallest absolute Gasteiger partial charge is 0.410 e. The molecule has 5 nitrogen and oxygen atoms in total. The van der Waals surface area contributed by atoms with E-state index in [1.807, 2.05) is 4.90 Å². The molecule has 25 heavy (non-hydrogen) atoms. The lowest BCUT2D eigenvalue weighted by Crippen LogP contribution is -2.41. The van der Waals surface area contributed by atoms with Crippen molar-refractivity contribution in [2.75, 3.05) is 26.7 Å². The van der Waals surface area contributed by atoms with Gasteiger partial charge in [0.2, 0.25) is 5.91 Å². The number of aryl methyl sites for hydroxylation is 1. The molecular weight excluding hydrogens is 316 g/mol. The summed E-state index contributed by atoms with van der Waals surface area (Å²) < 4.78 is 5.66. The minimum atomic E-state index is -0.401. The average Bonchev–Trinajstić information content (AvgIpc) is 3.36. The molecule has 3 fully saturated rings. The van der Waals surface area contributed by atoms with Crippen molar-refractivity contribution in [1.29, 1.82) is 0 Å². The van der Waals surface area contributed by atoms with Gasteiger partial charge in [-0.2, -0.15) is 0 Å². The molecule has 2 amide bonds. The van der Waals surface area contributed by atoms with Crippen LogP contribution in [0.2, 0.25) is 0 Å². The minimum absolute atomic E-state index is 0.238. The van der Waals surface area contributed by atoms with Crippen molar-refractivity contribution in [3.8, 4) is 0 Å². The van der Waals surface area contributed by atoms with Crippen molar-refractivity contribution in [3.63, 3.8) is 0 Å². The van der Waals surface area contributed by atoms with E-state index in [1.165, 1.54) is 5.56 Å². The van der Waals surface area contributed by atoms with E-state index >= 15 is 0 Å². The molecule has 0 aromatic heterocycles. The second-order valence-corrected chi connectivity index (χ2v) is 8.00. The number of amides is 2. The molecule has 4 rings (SSSR count). The summed E-state index contributed by atoms with van der Waals surface area (Å²) >= 11 is 0. The van der Waals surface area contributed by atoms with Crippen molar-refractivity contribution >= 4 is 12.0 Å². The lowest BCUT2D eigenvalue weighted by atomic mass is 9.93. The molecule has 3 aliphatic rings. The number of benzene rings is 1. The summed E-state index contributed by atoms with van der Waals surface area (Å²) in [5.41, 5.74) is 1.65. The van der Waals surface area contributed by atoms with Gasteiger partial charge in [-0.05, 0) is 38.2 Å². The van der Waals surface area contributed by atoms with Gasteiger partial charge in [0.1, 0.15) is 5.60 Å². The van der Waals surface area contributed by atoms with Crippen LogP contribution in [0.15, 0.2) is 24.3 Å². The summed E-state index contributed by atoms with van der Waals surface area (Å²) in [6, 6.07) is 8.39. The van der Waals surface area contributed by atoms with Gasteiger partial charge in [-0.1, -0.05) is 29.8 Å². The molecule has 0 bridgehead atoms. The Hall–Kier alpha value is -2.04. The van der Waals surface area contributed by atoms with Crippen molar-refractivity contribution in [2.24, 2.45) is 0 Å². The predicted molar refractivity (Wildman–Crippen MR) is 94.4 cm³/mol. The number of ether oxygens (including phenoxy) is 1. The van der Waals surface area contributed by atoms with Crippen LogP contribution in [0.1, 0.15) is 43.2 Å². The summed E-state index contributed by atoms with van der Waals surface area (Å²) in [4.78, 5) is 28.7. The summed E-state index contributed by atoms with van der Waals surface area (Å²) in [5.74, 6) is 0.256. The Morgan fingerprint density at radius 1 is 1.08 bits per heavy atom. The first kappa shape index (κ1) is 16.4. The van der Waals surface area contributed by atoms with Crippen molar-refractivity contribution < 1.29 is 14.3 Å². The predicted octanol–water partition coefficient (Wildman–Crippen LogP) is 2.86. The highest BCUT2D eigenvalue weighted by Gasteiger charge is 2.54. The molecule has 1 aliphatic carbocycles. The topological polar surface area (TPSA) is 49.9 Å². The van der Waals surface area contributed by atoms with Gasteiger partial charge in [-0.25, -0.2) is 4.79 Å². The van der Waals surface area contributed by atoms with Gasteiger partial charge in [0.15, 0.2) is 0 Å². The molecule has 1 aromatic carbocycles. The van der Waals surface area contributed by atoms with Gasteiger partial charge in [0.25, 0.3) is 0 Å². The highest BCUT2D eigenvalue weighted by atomic mass is 16.6. The largest absolute Gasteiger partial charge is 0.441 e. The molecule has 5 heteroatoms. The maximum absolute atomic E-state index is 13.3. The zero-order valence-corrected chi connectivity index (χ0v) is 15.1.